The number of fused-ring (bicyclic) bond motifs is 1. The molecule has 1 aromatic carbocycles. The van der Waals surface area contributed by atoms with Crippen molar-refractivity contribution in [3.8, 4) is 0 Å². The quantitative estimate of drug-likeness (QED) is 0.372. The Bertz CT molecular complexity index is 1040. The lowest BCUT2D eigenvalue weighted by molar-refractivity contribution is -0.150. The van der Waals surface area contributed by atoms with Crippen LogP contribution in [0, 0.1) is 5.41 Å². The minimum absolute atomic E-state index is 0.0425. The fraction of sp³-hybridized carbons (Fsp3) is 0.429. The van der Waals surface area contributed by atoms with Gasteiger partial charge >= 0.3 is 5.97 Å². The number of para-hydroxylation sites is 2. The van der Waals surface area contributed by atoms with E-state index in [1.54, 1.807) is 6.20 Å². The highest BCUT2D eigenvalue weighted by Gasteiger charge is 2.50. The molecule has 29 heavy (non-hydrogen) atoms. The van der Waals surface area contributed by atoms with Crippen molar-refractivity contribution in [2.45, 2.75) is 37.1 Å². The molecule has 0 aliphatic carbocycles. The molecular formula is C21H23N5O2S. The van der Waals surface area contributed by atoms with Crippen molar-refractivity contribution in [2.75, 3.05) is 24.2 Å². The minimum atomic E-state index is -0.368. The molecule has 1 spiro atoms. The Morgan fingerprint density at radius 3 is 2.86 bits per heavy atom. The van der Waals surface area contributed by atoms with Crippen LogP contribution in [0.15, 0.2) is 48.0 Å². The number of anilines is 1. The first-order valence-corrected chi connectivity index (χ1v) is 11.1. The molecule has 0 N–H and O–H groups in total. The van der Waals surface area contributed by atoms with Gasteiger partial charge in [-0.2, -0.15) is 0 Å². The number of benzene rings is 1. The van der Waals surface area contributed by atoms with Crippen LogP contribution in [0.5, 0.6) is 0 Å². The average molecular weight is 410 g/mol. The van der Waals surface area contributed by atoms with Gasteiger partial charge in [0.25, 0.3) is 0 Å². The normalized spacial score (nSPS) is 21.1. The predicted octanol–water partition coefficient (Wildman–Crippen LogP) is 3.15. The lowest BCUT2D eigenvalue weighted by Crippen LogP contribution is -2.43. The third kappa shape index (κ3) is 3.35. The van der Waals surface area contributed by atoms with Crippen LogP contribution in [0.3, 0.4) is 0 Å². The maximum atomic E-state index is 12.8. The molecule has 2 aromatic heterocycles. The van der Waals surface area contributed by atoms with Gasteiger partial charge < -0.3 is 14.2 Å². The summed E-state index contributed by atoms with van der Waals surface area (Å²) in [6.45, 7) is 2.27. The molecule has 1 unspecified atom stereocenters. The molecule has 3 aromatic rings. The number of esters is 1. The van der Waals surface area contributed by atoms with Crippen LogP contribution in [0.1, 0.15) is 19.3 Å². The number of piperidine rings is 1. The summed E-state index contributed by atoms with van der Waals surface area (Å²) in [6.07, 6.45) is 7.87. The topological polar surface area (TPSA) is 73.1 Å². The van der Waals surface area contributed by atoms with Crippen molar-refractivity contribution >= 4 is 34.6 Å². The van der Waals surface area contributed by atoms with E-state index in [-0.39, 0.29) is 17.5 Å². The molecule has 0 radical (unpaired) electrons. The Hall–Kier alpha value is -2.61. The van der Waals surface area contributed by atoms with Gasteiger partial charge in [0.2, 0.25) is 0 Å². The number of rotatable bonds is 4. The molecule has 2 fully saturated rings. The molecule has 5 rings (SSSR count). The molecule has 8 heteroatoms. The molecular weight excluding hydrogens is 386 g/mol. The standard InChI is InChI=1S/C21H23N5O2S/c1-29-20-22-9-6-18(24-20)25-10-7-21(8-11-25)12-15(28-19(21)27)13-26-14-23-16-4-2-3-5-17(16)26/h2-6,9,14-15H,7-8,10-13H2,1H3. The van der Waals surface area contributed by atoms with Gasteiger partial charge in [0.1, 0.15) is 11.9 Å². The van der Waals surface area contributed by atoms with Crippen LogP contribution in [0.2, 0.25) is 0 Å². The number of carbonyl (C=O) groups excluding carboxylic acids is 1. The Kier molecular flexibility index (Phi) is 4.66. The first-order chi connectivity index (χ1) is 14.2. The molecule has 0 saturated carbocycles. The molecule has 4 heterocycles. The average Bonchev–Trinajstić information content (AvgIpc) is 3.30. The summed E-state index contributed by atoms with van der Waals surface area (Å²) in [7, 11) is 0. The first kappa shape index (κ1) is 18.4. The van der Waals surface area contributed by atoms with E-state index in [2.05, 4.69) is 30.5 Å². The van der Waals surface area contributed by atoms with E-state index in [4.69, 9.17) is 4.74 Å². The van der Waals surface area contributed by atoms with Gasteiger partial charge in [0, 0.05) is 25.7 Å². The van der Waals surface area contributed by atoms with E-state index in [1.807, 2.05) is 36.8 Å². The predicted molar refractivity (Wildman–Crippen MR) is 112 cm³/mol. The number of carbonyl (C=O) groups is 1. The van der Waals surface area contributed by atoms with Crippen molar-refractivity contribution in [1.82, 2.24) is 19.5 Å². The van der Waals surface area contributed by atoms with Gasteiger partial charge in [0.05, 0.1) is 29.3 Å². The highest BCUT2D eigenvalue weighted by Crippen LogP contribution is 2.44. The second-order valence-electron chi connectivity index (χ2n) is 7.79. The van der Waals surface area contributed by atoms with Crippen LogP contribution in [0.4, 0.5) is 5.82 Å². The zero-order valence-electron chi connectivity index (χ0n) is 16.3. The smallest absolute Gasteiger partial charge is 0.312 e. The van der Waals surface area contributed by atoms with E-state index in [0.29, 0.717) is 6.54 Å². The highest BCUT2D eigenvalue weighted by molar-refractivity contribution is 7.98. The summed E-state index contributed by atoms with van der Waals surface area (Å²) < 4.78 is 7.91. The lowest BCUT2D eigenvalue weighted by Gasteiger charge is -2.37. The van der Waals surface area contributed by atoms with E-state index < -0.39 is 0 Å². The number of imidazole rings is 1. The Morgan fingerprint density at radius 1 is 1.21 bits per heavy atom. The summed E-state index contributed by atoms with van der Waals surface area (Å²) in [5, 5.41) is 0.774. The van der Waals surface area contributed by atoms with Crippen LogP contribution in [-0.4, -0.2) is 50.9 Å². The molecule has 150 valence electrons. The third-order valence-corrected chi connectivity index (χ3v) is 6.66. The van der Waals surface area contributed by atoms with Gasteiger partial charge in [-0.05, 0) is 37.3 Å². The van der Waals surface area contributed by atoms with Crippen molar-refractivity contribution in [3.05, 3.63) is 42.9 Å². The molecule has 0 bridgehead atoms. The Labute approximate surface area is 173 Å². The summed E-state index contributed by atoms with van der Waals surface area (Å²) in [6, 6.07) is 9.99. The van der Waals surface area contributed by atoms with E-state index in [9.17, 15) is 4.79 Å². The zero-order valence-corrected chi connectivity index (χ0v) is 17.1. The molecule has 7 nitrogen and oxygen atoms in total. The Morgan fingerprint density at radius 2 is 2.03 bits per heavy atom. The maximum Gasteiger partial charge on any atom is 0.312 e. The molecule has 2 aliphatic rings. The fourth-order valence-electron chi connectivity index (χ4n) is 4.49. The third-order valence-electron chi connectivity index (χ3n) is 6.10. The van der Waals surface area contributed by atoms with Gasteiger partial charge in [-0.15, -0.1) is 0 Å². The number of cyclic esters (lactones) is 1. The summed E-state index contributed by atoms with van der Waals surface area (Å²) in [4.78, 5) is 28.3. The second-order valence-corrected chi connectivity index (χ2v) is 8.56. The summed E-state index contributed by atoms with van der Waals surface area (Å²) in [5.74, 6) is 0.895. The van der Waals surface area contributed by atoms with Crippen LogP contribution in [-0.2, 0) is 16.1 Å². The SMILES string of the molecule is CSc1nccc(N2CCC3(CC2)CC(Cn2cnc4ccccc42)OC3=O)n1. The van der Waals surface area contributed by atoms with Gasteiger partial charge in [-0.25, -0.2) is 15.0 Å². The zero-order chi connectivity index (χ0) is 19.8. The second kappa shape index (κ2) is 7.33. The molecule has 2 saturated heterocycles. The van der Waals surface area contributed by atoms with Crippen molar-refractivity contribution in [1.29, 1.82) is 0 Å². The maximum absolute atomic E-state index is 12.8. The Balaban J connectivity index is 1.27. The van der Waals surface area contributed by atoms with Gasteiger partial charge in [-0.3, -0.25) is 4.79 Å². The van der Waals surface area contributed by atoms with Crippen LogP contribution < -0.4 is 4.90 Å². The molecule has 2 aliphatic heterocycles. The number of hydrogen-bond donors (Lipinski definition) is 0. The van der Waals surface area contributed by atoms with Gasteiger partial charge in [0.15, 0.2) is 5.16 Å². The number of aromatic nitrogens is 4. The van der Waals surface area contributed by atoms with Crippen molar-refractivity contribution in [2.24, 2.45) is 5.41 Å². The van der Waals surface area contributed by atoms with E-state index in [1.165, 1.54) is 11.8 Å². The number of hydrogen-bond acceptors (Lipinski definition) is 7. The minimum Gasteiger partial charge on any atom is -0.460 e. The lowest BCUT2D eigenvalue weighted by atomic mass is 9.76. The van der Waals surface area contributed by atoms with E-state index in [0.717, 1.165) is 54.4 Å². The van der Waals surface area contributed by atoms with Gasteiger partial charge in [-0.1, -0.05) is 23.9 Å². The van der Waals surface area contributed by atoms with Crippen molar-refractivity contribution in [3.63, 3.8) is 0 Å². The van der Waals surface area contributed by atoms with Crippen LogP contribution in [0.25, 0.3) is 11.0 Å². The largest absolute Gasteiger partial charge is 0.460 e. The van der Waals surface area contributed by atoms with Crippen LogP contribution >= 0.6 is 11.8 Å². The monoisotopic (exact) mass is 409 g/mol. The number of nitrogens with zero attached hydrogens (tertiary/aromatic N) is 5. The molecule has 0 amide bonds. The first-order valence-electron chi connectivity index (χ1n) is 9.90. The van der Waals surface area contributed by atoms with Crippen molar-refractivity contribution < 1.29 is 9.53 Å². The fourth-order valence-corrected chi connectivity index (χ4v) is 4.84. The molecule has 1 atom stereocenters. The number of ether oxygens (including phenoxy) is 1. The van der Waals surface area contributed by atoms with E-state index >= 15 is 0 Å². The highest BCUT2D eigenvalue weighted by atomic mass is 32.2. The number of thioether (sulfide) groups is 1. The summed E-state index contributed by atoms with van der Waals surface area (Å²) >= 11 is 1.54. The summed E-state index contributed by atoms with van der Waals surface area (Å²) in [5.41, 5.74) is 1.68.